The molecule has 0 saturated heterocycles. The molecule has 0 saturated carbocycles. The second kappa shape index (κ2) is 5.18. The molecule has 13 heavy (non-hydrogen) atoms. The Balaban J connectivity index is 2.59. The highest BCUT2D eigenvalue weighted by Gasteiger charge is 2.14. The first-order chi connectivity index (χ1) is 6.27. The number of hydrogen-bond donors (Lipinski definition) is 0. The molecule has 0 N–H and O–H groups in total. The Labute approximate surface area is 81.3 Å². The molecule has 0 aliphatic carbocycles. The highest BCUT2D eigenvalue weighted by atomic mass is 15.1. The molecule has 0 radical (unpaired) electrons. The summed E-state index contributed by atoms with van der Waals surface area (Å²) in [6.07, 6.45) is 4.32. The molecule has 0 atom stereocenters. The first-order valence-corrected chi connectivity index (χ1v) is 5.17. The van der Waals surface area contributed by atoms with Crippen LogP contribution in [-0.4, -0.2) is 30.7 Å². The summed E-state index contributed by atoms with van der Waals surface area (Å²) in [5.74, 6) is 0. The lowest BCUT2D eigenvalue weighted by Crippen LogP contribution is -2.31. The van der Waals surface area contributed by atoms with Crippen molar-refractivity contribution in [1.82, 2.24) is 4.90 Å². The summed E-state index contributed by atoms with van der Waals surface area (Å²) in [7, 11) is 0. The van der Waals surface area contributed by atoms with Crippen molar-refractivity contribution in [2.75, 3.05) is 19.6 Å². The van der Waals surface area contributed by atoms with Crippen LogP contribution in [0.2, 0.25) is 0 Å². The Hall–Kier alpha value is -0.630. The van der Waals surface area contributed by atoms with Crippen molar-refractivity contribution in [2.24, 2.45) is 4.99 Å². The highest BCUT2D eigenvalue weighted by molar-refractivity contribution is 5.55. The summed E-state index contributed by atoms with van der Waals surface area (Å²) in [4.78, 5) is 6.89. The Morgan fingerprint density at radius 3 is 2.92 bits per heavy atom. The van der Waals surface area contributed by atoms with Gasteiger partial charge in [-0.15, -0.1) is 0 Å². The average Bonchev–Trinajstić information content (AvgIpc) is 2.12. The number of rotatable bonds is 3. The zero-order valence-corrected chi connectivity index (χ0v) is 9.01. The summed E-state index contributed by atoms with van der Waals surface area (Å²) in [6.45, 7) is 9.88. The molecule has 0 aromatic carbocycles. The van der Waals surface area contributed by atoms with Crippen LogP contribution in [0, 0.1) is 0 Å². The molecule has 1 aliphatic heterocycles. The van der Waals surface area contributed by atoms with Gasteiger partial charge in [0, 0.05) is 19.3 Å². The topological polar surface area (TPSA) is 15.6 Å². The molecular weight excluding hydrogens is 160 g/mol. The van der Waals surface area contributed by atoms with Gasteiger partial charge in [0.1, 0.15) is 0 Å². The zero-order chi connectivity index (χ0) is 9.68. The van der Waals surface area contributed by atoms with Crippen LogP contribution < -0.4 is 0 Å². The maximum atomic E-state index is 4.41. The number of nitrogens with zero attached hydrogens (tertiary/aromatic N) is 2. The van der Waals surface area contributed by atoms with Crippen LogP contribution in [0.3, 0.4) is 0 Å². The van der Waals surface area contributed by atoms with Crippen molar-refractivity contribution in [2.45, 2.75) is 33.6 Å². The molecular formula is C11H20N2. The predicted molar refractivity (Wildman–Crippen MR) is 58.2 cm³/mol. The largest absolute Gasteiger partial charge is 0.297 e. The second-order valence-electron chi connectivity index (χ2n) is 3.64. The van der Waals surface area contributed by atoms with E-state index in [9.17, 15) is 0 Å². The van der Waals surface area contributed by atoms with Crippen molar-refractivity contribution in [3.63, 3.8) is 0 Å². The van der Waals surface area contributed by atoms with Gasteiger partial charge in [0.25, 0.3) is 0 Å². The van der Waals surface area contributed by atoms with Crippen LogP contribution in [-0.2, 0) is 0 Å². The van der Waals surface area contributed by atoms with E-state index in [1.165, 1.54) is 37.2 Å². The van der Waals surface area contributed by atoms with Crippen LogP contribution in [0.1, 0.15) is 33.6 Å². The number of hydrogen-bond acceptors (Lipinski definition) is 2. The minimum atomic E-state index is 1.05. The normalized spacial score (nSPS) is 20.2. The van der Waals surface area contributed by atoms with Crippen LogP contribution in [0.5, 0.6) is 0 Å². The van der Waals surface area contributed by atoms with E-state index < -0.39 is 0 Å². The second-order valence-corrected chi connectivity index (χ2v) is 3.64. The molecule has 0 unspecified atom stereocenters. The molecule has 0 aromatic heterocycles. The van der Waals surface area contributed by atoms with E-state index in [2.05, 4.69) is 23.7 Å². The minimum absolute atomic E-state index is 1.05. The van der Waals surface area contributed by atoms with Gasteiger partial charge in [0.15, 0.2) is 0 Å². The maximum Gasteiger partial charge on any atom is 0.0529 e. The summed E-state index contributed by atoms with van der Waals surface area (Å²) in [6, 6.07) is 0. The van der Waals surface area contributed by atoms with E-state index in [1.807, 2.05) is 13.1 Å². The van der Waals surface area contributed by atoms with Crippen molar-refractivity contribution in [1.29, 1.82) is 0 Å². The van der Waals surface area contributed by atoms with Gasteiger partial charge in [-0.1, -0.05) is 6.92 Å². The quantitative estimate of drug-likeness (QED) is 0.609. The molecule has 74 valence electrons. The first kappa shape index (κ1) is 10.5. The van der Waals surface area contributed by atoms with E-state index in [0.29, 0.717) is 0 Å². The third-order valence-corrected chi connectivity index (χ3v) is 2.49. The van der Waals surface area contributed by atoms with E-state index in [4.69, 9.17) is 0 Å². The fraction of sp³-hybridized carbons (Fsp3) is 0.727. The van der Waals surface area contributed by atoms with Gasteiger partial charge in [-0.2, -0.15) is 0 Å². The van der Waals surface area contributed by atoms with Crippen molar-refractivity contribution >= 4 is 6.21 Å². The zero-order valence-electron chi connectivity index (χ0n) is 9.01. The standard InChI is InChI=1S/C11H20N2/c1-4-7-13-8-6-10(3)11(9-13)12-5-2/h5H,4,6-9H2,1-3H3/b12-5-. The SMILES string of the molecule is C/C=N\C1=C(C)CCN(CCC)C1. The van der Waals surface area contributed by atoms with E-state index in [0.717, 1.165) is 6.54 Å². The molecule has 0 amide bonds. The Bertz CT molecular complexity index is 216. The molecule has 0 fully saturated rings. The average molecular weight is 180 g/mol. The Morgan fingerprint density at radius 2 is 2.31 bits per heavy atom. The van der Waals surface area contributed by atoms with Crippen molar-refractivity contribution < 1.29 is 0 Å². The summed E-state index contributed by atoms with van der Waals surface area (Å²) in [5, 5.41) is 0. The van der Waals surface area contributed by atoms with Gasteiger partial charge in [0.05, 0.1) is 5.70 Å². The first-order valence-electron chi connectivity index (χ1n) is 5.17. The van der Waals surface area contributed by atoms with Crippen molar-refractivity contribution in [3.05, 3.63) is 11.3 Å². The molecule has 0 spiro atoms. The molecule has 1 rings (SSSR count). The highest BCUT2D eigenvalue weighted by Crippen LogP contribution is 2.17. The van der Waals surface area contributed by atoms with Gasteiger partial charge in [0.2, 0.25) is 0 Å². The monoisotopic (exact) mass is 180 g/mol. The smallest absolute Gasteiger partial charge is 0.0529 e. The van der Waals surface area contributed by atoms with Crippen LogP contribution >= 0.6 is 0 Å². The summed E-state index contributed by atoms with van der Waals surface area (Å²) in [5.41, 5.74) is 2.74. The third-order valence-electron chi connectivity index (χ3n) is 2.49. The molecule has 1 heterocycles. The number of aliphatic imine (C=N–C) groups is 1. The molecule has 2 heteroatoms. The molecule has 0 bridgehead atoms. The lowest BCUT2D eigenvalue weighted by molar-refractivity contribution is 0.285. The Morgan fingerprint density at radius 1 is 1.54 bits per heavy atom. The fourth-order valence-corrected chi connectivity index (χ4v) is 1.71. The van der Waals surface area contributed by atoms with Gasteiger partial charge < -0.3 is 0 Å². The third kappa shape index (κ3) is 2.96. The predicted octanol–water partition coefficient (Wildman–Crippen LogP) is 2.47. The Kier molecular flexibility index (Phi) is 4.16. The van der Waals surface area contributed by atoms with Gasteiger partial charge in [-0.3, -0.25) is 9.89 Å². The van der Waals surface area contributed by atoms with Crippen LogP contribution in [0.4, 0.5) is 0 Å². The van der Waals surface area contributed by atoms with E-state index >= 15 is 0 Å². The van der Waals surface area contributed by atoms with Gasteiger partial charge >= 0.3 is 0 Å². The summed E-state index contributed by atoms with van der Waals surface area (Å²) >= 11 is 0. The summed E-state index contributed by atoms with van der Waals surface area (Å²) < 4.78 is 0. The lowest BCUT2D eigenvalue weighted by atomic mass is 10.1. The molecule has 1 aliphatic rings. The minimum Gasteiger partial charge on any atom is -0.297 e. The van der Waals surface area contributed by atoms with Crippen LogP contribution in [0.25, 0.3) is 0 Å². The lowest BCUT2D eigenvalue weighted by Gasteiger charge is -2.27. The van der Waals surface area contributed by atoms with E-state index in [-0.39, 0.29) is 0 Å². The molecule has 0 aromatic rings. The van der Waals surface area contributed by atoms with Gasteiger partial charge in [-0.25, -0.2) is 0 Å². The molecule has 2 nitrogen and oxygen atoms in total. The van der Waals surface area contributed by atoms with Crippen LogP contribution in [0.15, 0.2) is 16.3 Å². The van der Waals surface area contributed by atoms with Gasteiger partial charge in [-0.05, 0) is 38.8 Å². The van der Waals surface area contributed by atoms with Crippen molar-refractivity contribution in [3.8, 4) is 0 Å². The van der Waals surface area contributed by atoms with E-state index in [1.54, 1.807) is 0 Å². The fourth-order valence-electron chi connectivity index (χ4n) is 1.71. The maximum absolute atomic E-state index is 4.41.